The number of pyridine rings is 1. The summed E-state index contributed by atoms with van der Waals surface area (Å²) in [5, 5.41) is 13.2. The summed E-state index contributed by atoms with van der Waals surface area (Å²) in [6.45, 7) is 1.55. The Hall–Kier alpha value is -2.06. The number of aliphatic hydroxyl groups excluding tert-OH is 1. The van der Waals surface area contributed by atoms with Crippen molar-refractivity contribution in [1.82, 2.24) is 15.0 Å². The normalized spacial score (nSPS) is 22.7. The highest BCUT2D eigenvalue weighted by Crippen LogP contribution is 2.39. The summed E-state index contributed by atoms with van der Waals surface area (Å²) in [4.78, 5) is 16.5. The lowest BCUT2D eigenvalue weighted by Gasteiger charge is -2.41. The molecule has 1 saturated carbocycles. The second-order valence-corrected chi connectivity index (χ2v) is 8.87. The molecule has 1 atom stereocenters. The van der Waals surface area contributed by atoms with Gasteiger partial charge in [0.25, 0.3) is 0 Å². The van der Waals surface area contributed by atoms with Gasteiger partial charge in [0.05, 0.1) is 28.6 Å². The molecule has 2 aromatic heterocycles. The van der Waals surface area contributed by atoms with Gasteiger partial charge in [0.2, 0.25) is 5.95 Å². The number of aryl methyl sites for hydroxylation is 1. The molecule has 0 radical (unpaired) electrons. The molecule has 4 heterocycles. The highest BCUT2D eigenvalue weighted by molar-refractivity contribution is 7.85. The molecule has 0 amide bonds. The summed E-state index contributed by atoms with van der Waals surface area (Å²) in [5.74, 6) is 1.90. The van der Waals surface area contributed by atoms with Crippen molar-refractivity contribution in [3.8, 4) is 0 Å². The first kappa shape index (κ1) is 16.1. The highest BCUT2D eigenvalue weighted by Gasteiger charge is 2.39. The Morgan fingerprint density at radius 3 is 2.85 bits per heavy atom. The van der Waals surface area contributed by atoms with Gasteiger partial charge in [0, 0.05) is 37.7 Å². The third-order valence-electron chi connectivity index (χ3n) is 5.68. The molecule has 2 aromatic rings. The predicted octanol–water partition coefficient (Wildman–Crippen LogP) is 1.38. The van der Waals surface area contributed by atoms with E-state index in [0.29, 0.717) is 23.9 Å². The van der Waals surface area contributed by atoms with Crippen molar-refractivity contribution >= 4 is 22.6 Å². The Balaban J connectivity index is 1.52. The average Bonchev–Trinajstić information content (AvgIpc) is 3.22. The number of fused-ring (bicyclic) bond motifs is 2. The molecule has 1 unspecified atom stereocenters. The Bertz CT molecular complexity index is 869. The molecule has 0 aromatic carbocycles. The number of nitrogens with zero attached hydrogens (tertiary/aromatic N) is 4. The summed E-state index contributed by atoms with van der Waals surface area (Å²) < 4.78 is 12.5. The Morgan fingerprint density at radius 2 is 2.12 bits per heavy atom. The smallest absolute Gasteiger partial charge is 0.228 e. The molecule has 8 heteroatoms. The molecule has 2 N–H and O–H groups in total. The van der Waals surface area contributed by atoms with Gasteiger partial charge in [-0.2, -0.15) is 4.98 Å². The Labute approximate surface area is 154 Å². The highest BCUT2D eigenvalue weighted by atomic mass is 32.2. The van der Waals surface area contributed by atoms with E-state index >= 15 is 0 Å². The van der Waals surface area contributed by atoms with Crippen LogP contribution in [0.4, 0.5) is 11.8 Å². The lowest BCUT2D eigenvalue weighted by Crippen LogP contribution is -2.48. The number of nitrogens with one attached hydrogen (secondary N) is 1. The Kier molecular flexibility index (Phi) is 3.72. The quantitative estimate of drug-likeness (QED) is 0.839. The molecule has 5 rings (SSSR count). The lowest BCUT2D eigenvalue weighted by atomic mass is 9.77. The van der Waals surface area contributed by atoms with Crippen LogP contribution in [0, 0.1) is 0 Å². The fraction of sp³-hybridized carbons (Fsp3) is 0.500. The monoisotopic (exact) mass is 371 g/mol. The first-order chi connectivity index (χ1) is 12.7. The van der Waals surface area contributed by atoms with Crippen LogP contribution in [0.1, 0.15) is 36.1 Å². The third-order valence-corrected chi connectivity index (χ3v) is 7.14. The van der Waals surface area contributed by atoms with E-state index in [-0.39, 0.29) is 12.1 Å². The van der Waals surface area contributed by atoms with Gasteiger partial charge in [-0.05, 0) is 36.5 Å². The van der Waals surface area contributed by atoms with Gasteiger partial charge < -0.3 is 15.3 Å². The zero-order valence-electron chi connectivity index (χ0n) is 14.4. The first-order valence-electron chi connectivity index (χ1n) is 9.02. The van der Waals surface area contributed by atoms with Crippen LogP contribution >= 0.6 is 0 Å². The van der Waals surface area contributed by atoms with E-state index in [1.54, 1.807) is 0 Å². The van der Waals surface area contributed by atoms with Gasteiger partial charge >= 0.3 is 0 Å². The maximum atomic E-state index is 12.5. The van der Waals surface area contributed by atoms with Crippen molar-refractivity contribution in [3.63, 3.8) is 0 Å². The third kappa shape index (κ3) is 2.51. The zero-order chi connectivity index (χ0) is 17.7. The van der Waals surface area contributed by atoms with Crippen molar-refractivity contribution in [2.75, 3.05) is 22.6 Å². The summed E-state index contributed by atoms with van der Waals surface area (Å²) in [6.07, 6.45) is 7.32. The lowest BCUT2D eigenvalue weighted by molar-refractivity contribution is 0.143. The first-order valence-corrected chi connectivity index (χ1v) is 10.3. The van der Waals surface area contributed by atoms with E-state index in [1.165, 1.54) is 11.1 Å². The summed E-state index contributed by atoms with van der Waals surface area (Å²) in [7, 11) is -1.07. The van der Waals surface area contributed by atoms with Crippen molar-refractivity contribution in [2.24, 2.45) is 0 Å². The number of aromatic nitrogens is 3. The molecule has 26 heavy (non-hydrogen) atoms. The maximum absolute atomic E-state index is 12.5. The standard InChI is InChI=1S/C18H21N5O2S/c24-11-18(4-1-5-18)22-16-15-14(3-7-26(15)25)20-17(21-16)23-9-12-2-6-19-8-13(12)10-23/h2,6,8,24H,1,3-5,7,9-11H2,(H,20,21,22). The summed E-state index contributed by atoms with van der Waals surface area (Å²) >= 11 is 0. The molecule has 0 saturated heterocycles. The minimum Gasteiger partial charge on any atom is -0.394 e. The van der Waals surface area contributed by atoms with Crippen LogP contribution < -0.4 is 10.2 Å². The van der Waals surface area contributed by atoms with Crippen molar-refractivity contribution in [3.05, 3.63) is 35.3 Å². The van der Waals surface area contributed by atoms with E-state index in [4.69, 9.17) is 9.97 Å². The minimum atomic E-state index is -1.07. The van der Waals surface area contributed by atoms with E-state index in [2.05, 4.69) is 15.2 Å². The molecular formula is C18H21N5O2S. The van der Waals surface area contributed by atoms with Crippen molar-refractivity contribution in [1.29, 1.82) is 0 Å². The summed E-state index contributed by atoms with van der Waals surface area (Å²) in [6, 6.07) is 2.03. The molecule has 1 fully saturated rings. The van der Waals surface area contributed by atoms with Crippen LogP contribution in [-0.4, -0.2) is 42.2 Å². The summed E-state index contributed by atoms with van der Waals surface area (Å²) in [5.41, 5.74) is 2.98. The van der Waals surface area contributed by atoms with Crippen LogP contribution in [0.15, 0.2) is 23.4 Å². The van der Waals surface area contributed by atoms with Gasteiger partial charge in [-0.15, -0.1) is 0 Å². The van der Waals surface area contributed by atoms with Crippen molar-refractivity contribution < 1.29 is 9.32 Å². The molecule has 7 nitrogen and oxygen atoms in total. The van der Waals surface area contributed by atoms with Crippen molar-refractivity contribution in [2.45, 2.75) is 49.2 Å². The average molecular weight is 371 g/mol. The van der Waals surface area contributed by atoms with E-state index < -0.39 is 10.8 Å². The van der Waals surface area contributed by atoms with Gasteiger partial charge in [-0.1, -0.05) is 0 Å². The number of rotatable bonds is 4. The Morgan fingerprint density at radius 1 is 1.27 bits per heavy atom. The maximum Gasteiger partial charge on any atom is 0.228 e. The van der Waals surface area contributed by atoms with E-state index in [0.717, 1.165) is 42.9 Å². The number of hydrogen-bond donors (Lipinski definition) is 2. The molecule has 2 aliphatic heterocycles. The van der Waals surface area contributed by atoms with Gasteiger partial charge in [-0.25, -0.2) is 4.98 Å². The molecule has 3 aliphatic rings. The zero-order valence-corrected chi connectivity index (χ0v) is 15.3. The molecule has 0 bridgehead atoms. The second-order valence-electron chi connectivity index (χ2n) is 7.37. The minimum absolute atomic E-state index is 0.0641. The second kappa shape index (κ2) is 5.99. The fourth-order valence-corrected chi connectivity index (χ4v) is 5.25. The largest absolute Gasteiger partial charge is 0.394 e. The topological polar surface area (TPSA) is 91.2 Å². The van der Waals surface area contributed by atoms with Gasteiger partial charge in [0.15, 0.2) is 0 Å². The van der Waals surface area contributed by atoms with Crippen LogP contribution in [0.2, 0.25) is 0 Å². The van der Waals surface area contributed by atoms with Crippen LogP contribution in [0.25, 0.3) is 0 Å². The van der Waals surface area contributed by atoms with Gasteiger partial charge in [-0.3, -0.25) is 9.19 Å². The van der Waals surface area contributed by atoms with E-state index in [9.17, 15) is 9.32 Å². The SMILES string of the molecule is O=S1CCc2nc(N3Cc4ccncc4C3)nc(NC3(CO)CCC3)c21. The molecular weight excluding hydrogens is 350 g/mol. The fourth-order valence-electron chi connectivity index (χ4n) is 3.95. The molecule has 136 valence electrons. The van der Waals surface area contributed by atoms with Gasteiger partial charge in [0.1, 0.15) is 10.7 Å². The number of anilines is 2. The van der Waals surface area contributed by atoms with Crippen LogP contribution in [0.3, 0.4) is 0 Å². The molecule has 0 spiro atoms. The number of hydrogen-bond acceptors (Lipinski definition) is 7. The molecule has 1 aliphatic carbocycles. The number of aliphatic hydroxyl groups is 1. The van der Waals surface area contributed by atoms with Crippen LogP contribution in [-0.2, 0) is 30.3 Å². The predicted molar refractivity (Wildman–Crippen MR) is 98.4 cm³/mol. The van der Waals surface area contributed by atoms with Crippen LogP contribution in [0.5, 0.6) is 0 Å². The van der Waals surface area contributed by atoms with E-state index in [1.807, 2.05) is 18.5 Å².